The first kappa shape index (κ1) is 22.8. The molecule has 7 aromatic carbocycles. The lowest BCUT2D eigenvalue weighted by Gasteiger charge is -2.23. The molecule has 0 fully saturated rings. The van der Waals surface area contributed by atoms with Crippen molar-refractivity contribution in [2.45, 2.75) is 0 Å². The van der Waals surface area contributed by atoms with Crippen LogP contribution < -0.4 is 4.74 Å². The molecule has 10 rings (SSSR count). The minimum absolute atomic E-state index is 0.872. The van der Waals surface area contributed by atoms with Crippen LogP contribution in [0.1, 0.15) is 0 Å². The molecule has 0 saturated heterocycles. The predicted molar refractivity (Wildman–Crippen MR) is 178 cm³/mol. The summed E-state index contributed by atoms with van der Waals surface area (Å²) in [6, 6.07) is 52.2. The number of hydrogen-bond donors (Lipinski definition) is 0. The van der Waals surface area contributed by atoms with Gasteiger partial charge in [-0.05, 0) is 58.8 Å². The Labute approximate surface area is 247 Å². The molecule has 1 aliphatic heterocycles. The van der Waals surface area contributed by atoms with Gasteiger partial charge in [0.25, 0.3) is 0 Å². The molecular formula is C40H24N2O. The summed E-state index contributed by atoms with van der Waals surface area (Å²) < 4.78 is 11.3. The van der Waals surface area contributed by atoms with E-state index in [1.165, 1.54) is 48.9 Å². The van der Waals surface area contributed by atoms with Crippen molar-refractivity contribution >= 4 is 54.4 Å². The van der Waals surface area contributed by atoms with E-state index in [2.05, 4.69) is 155 Å². The first-order chi connectivity index (χ1) is 21.3. The molecule has 0 radical (unpaired) electrons. The molecule has 0 saturated carbocycles. The van der Waals surface area contributed by atoms with Crippen molar-refractivity contribution in [3.63, 3.8) is 0 Å². The Bertz CT molecular complexity index is 2580. The molecule has 0 aliphatic carbocycles. The van der Waals surface area contributed by atoms with Gasteiger partial charge in [-0.3, -0.25) is 0 Å². The second-order valence-electron chi connectivity index (χ2n) is 11.3. The number of benzene rings is 7. The molecular weight excluding hydrogens is 524 g/mol. The average Bonchev–Trinajstić information content (AvgIpc) is 3.59. The molecule has 0 unspecified atom stereocenters. The Balaban J connectivity index is 1.19. The van der Waals surface area contributed by atoms with E-state index in [-0.39, 0.29) is 0 Å². The maximum Gasteiger partial charge on any atom is 0.152 e. The van der Waals surface area contributed by atoms with Gasteiger partial charge in [0.2, 0.25) is 0 Å². The van der Waals surface area contributed by atoms with Crippen molar-refractivity contribution in [1.29, 1.82) is 0 Å². The van der Waals surface area contributed by atoms with E-state index in [9.17, 15) is 0 Å². The standard InChI is InChI=1S/C40H24N2O/c1-2-10-28-25(9-1)21-24-35-38(28)32-12-4-6-16-34(32)41(35)27-22-19-26(20-23-27)29-13-7-17-36-39(29)42-33-15-5-3-11-30(33)31-14-8-18-37(43-36)40(31)42/h1-24H. The fourth-order valence-electron chi connectivity index (χ4n) is 7.30. The maximum absolute atomic E-state index is 6.53. The van der Waals surface area contributed by atoms with Crippen LogP contribution in [0.5, 0.6) is 11.5 Å². The molecule has 0 N–H and O–H groups in total. The highest BCUT2D eigenvalue weighted by molar-refractivity contribution is 6.21. The van der Waals surface area contributed by atoms with E-state index < -0.39 is 0 Å². The fourth-order valence-corrected chi connectivity index (χ4v) is 7.30. The zero-order chi connectivity index (χ0) is 28.1. The van der Waals surface area contributed by atoms with Crippen LogP contribution in [-0.4, -0.2) is 9.13 Å². The summed E-state index contributed by atoms with van der Waals surface area (Å²) in [4.78, 5) is 0. The molecule has 3 nitrogen and oxygen atoms in total. The molecule has 3 heterocycles. The maximum atomic E-state index is 6.53. The molecule has 3 heteroatoms. The van der Waals surface area contributed by atoms with Crippen LogP contribution in [0.4, 0.5) is 0 Å². The summed E-state index contributed by atoms with van der Waals surface area (Å²) in [5, 5.41) is 7.57. The van der Waals surface area contributed by atoms with Gasteiger partial charge >= 0.3 is 0 Å². The lowest BCUT2D eigenvalue weighted by Crippen LogP contribution is -2.06. The molecule has 1 aliphatic rings. The van der Waals surface area contributed by atoms with E-state index in [1.54, 1.807) is 0 Å². The SMILES string of the molecule is c1cc2c(c(-c3ccc(-n4c5ccccc5c5c6ccccc6ccc54)cc3)c1)-n1c3ccccc3c3cccc(c31)O2. The number of aromatic nitrogens is 2. The van der Waals surface area contributed by atoms with Gasteiger partial charge < -0.3 is 13.9 Å². The molecule has 0 bridgehead atoms. The highest BCUT2D eigenvalue weighted by Gasteiger charge is 2.26. The van der Waals surface area contributed by atoms with Gasteiger partial charge in [-0.1, -0.05) is 103 Å². The van der Waals surface area contributed by atoms with Gasteiger partial charge in [0.05, 0.1) is 27.8 Å². The quantitative estimate of drug-likeness (QED) is 0.210. The fraction of sp³-hybridized carbons (Fsp3) is 0. The lowest BCUT2D eigenvalue weighted by molar-refractivity contribution is 0.477. The van der Waals surface area contributed by atoms with Crippen molar-refractivity contribution in [3.8, 4) is 34.0 Å². The van der Waals surface area contributed by atoms with Crippen LogP contribution in [0.25, 0.3) is 76.9 Å². The summed E-state index contributed by atoms with van der Waals surface area (Å²) >= 11 is 0. The summed E-state index contributed by atoms with van der Waals surface area (Å²) in [6.07, 6.45) is 0. The van der Waals surface area contributed by atoms with Gasteiger partial charge in [0.1, 0.15) is 0 Å². The van der Waals surface area contributed by atoms with Gasteiger partial charge in [-0.15, -0.1) is 0 Å². The van der Waals surface area contributed by atoms with E-state index in [1.807, 2.05) is 0 Å². The van der Waals surface area contributed by atoms with Crippen LogP contribution in [0, 0.1) is 0 Å². The Kier molecular flexibility index (Phi) is 4.45. The first-order valence-electron chi connectivity index (χ1n) is 14.7. The molecule has 43 heavy (non-hydrogen) atoms. The third-order valence-electron chi connectivity index (χ3n) is 9.10. The predicted octanol–water partition coefficient (Wildman–Crippen LogP) is 10.8. The van der Waals surface area contributed by atoms with Crippen LogP contribution in [0.15, 0.2) is 146 Å². The third kappa shape index (κ3) is 3.03. The number of rotatable bonds is 2. The zero-order valence-corrected chi connectivity index (χ0v) is 23.2. The highest BCUT2D eigenvalue weighted by atomic mass is 16.5. The van der Waals surface area contributed by atoms with Crippen LogP contribution in [0.2, 0.25) is 0 Å². The van der Waals surface area contributed by atoms with Crippen molar-refractivity contribution in [3.05, 3.63) is 146 Å². The molecule has 2 aromatic heterocycles. The summed E-state index contributed by atoms with van der Waals surface area (Å²) in [6.45, 7) is 0. The Hall–Kier alpha value is -5.80. The molecule has 0 atom stereocenters. The molecule has 9 aromatic rings. The third-order valence-corrected chi connectivity index (χ3v) is 9.10. The van der Waals surface area contributed by atoms with E-state index in [0.717, 1.165) is 39.5 Å². The zero-order valence-electron chi connectivity index (χ0n) is 23.2. The van der Waals surface area contributed by atoms with Crippen molar-refractivity contribution in [2.75, 3.05) is 0 Å². The number of fused-ring (bicyclic) bond motifs is 10. The number of nitrogens with zero attached hydrogens (tertiary/aromatic N) is 2. The van der Waals surface area contributed by atoms with Gasteiger partial charge in [0, 0.05) is 32.8 Å². The van der Waals surface area contributed by atoms with Crippen LogP contribution >= 0.6 is 0 Å². The topological polar surface area (TPSA) is 19.1 Å². The Morgan fingerprint density at radius 3 is 1.95 bits per heavy atom. The van der Waals surface area contributed by atoms with Gasteiger partial charge in [-0.25, -0.2) is 0 Å². The van der Waals surface area contributed by atoms with Crippen LogP contribution in [0.3, 0.4) is 0 Å². The van der Waals surface area contributed by atoms with E-state index >= 15 is 0 Å². The summed E-state index contributed by atoms with van der Waals surface area (Å²) in [5.41, 5.74) is 9.28. The highest BCUT2D eigenvalue weighted by Crippen LogP contribution is 2.48. The number of hydrogen-bond acceptors (Lipinski definition) is 1. The second kappa shape index (κ2) is 8.37. The lowest BCUT2D eigenvalue weighted by atomic mass is 10.0. The Morgan fingerprint density at radius 2 is 1.09 bits per heavy atom. The normalized spacial score (nSPS) is 12.4. The monoisotopic (exact) mass is 548 g/mol. The molecule has 0 amide bonds. The van der Waals surface area contributed by atoms with Gasteiger partial charge in [0.15, 0.2) is 11.5 Å². The van der Waals surface area contributed by atoms with Gasteiger partial charge in [-0.2, -0.15) is 0 Å². The van der Waals surface area contributed by atoms with Crippen molar-refractivity contribution in [2.24, 2.45) is 0 Å². The summed E-state index contributed by atoms with van der Waals surface area (Å²) in [5.74, 6) is 1.77. The number of para-hydroxylation sites is 4. The average molecular weight is 549 g/mol. The first-order valence-corrected chi connectivity index (χ1v) is 14.7. The minimum atomic E-state index is 0.872. The Morgan fingerprint density at radius 1 is 0.419 bits per heavy atom. The largest absolute Gasteiger partial charge is 0.453 e. The molecule has 0 spiro atoms. The van der Waals surface area contributed by atoms with E-state index in [0.29, 0.717) is 0 Å². The number of ether oxygens (including phenoxy) is 1. The minimum Gasteiger partial charge on any atom is -0.453 e. The molecule has 200 valence electrons. The smallest absolute Gasteiger partial charge is 0.152 e. The second-order valence-corrected chi connectivity index (χ2v) is 11.3. The van der Waals surface area contributed by atoms with E-state index in [4.69, 9.17) is 4.74 Å². The van der Waals surface area contributed by atoms with Crippen LogP contribution in [-0.2, 0) is 0 Å². The van der Waals surface area contributed by atoms with Crippen molar-refractivity contribution in [1.82, 2.24) is 9.13 Å². The summed E-state index contributed by atoms with van der Waals surface area (Å²) in [7, 11) is 0. The van der Waals surface area contributed by atoms with Crippen molar-refractivity contribution < 1.29 is 4.74 Å².